The average Bonchev–Trinajstić information content (AvgIpc) is 2.46. The number of halogens is 2. The highest BCUT2D eigenvalue weighted by molar-refractivity contribution is 7.89. The number of nitrogens with zero attached hydrogens (tertiary/aromatic N) is 2. The lowest BCUT2D eigenvalue weighted by atomic mass is 10.3. The Kier molecular flexibility index (Phi) is 6.26. The van der Waals surface area contributed by atoms with Crippen LogP contribution in [0.2, 0.25) is 0 Å². The minimum atomic E-state index is -3.81. The largest absolute Gasteiger partial charge is 1.00 e. The molecule has 4 nitrogen and oxygen atoms in total. The van der Waals surface area contributed by atoms with Crippen molar-refractivity contribution in [2.75, 3.05) is 13.6 Å². The summed E-state index contributed by atoms with van der Waals surface area (Å²) < 4.78 is 39.2. The summed E-state index contributed by atoms with van der Waals surface area (Å²) in [7, 11) is -2.37. The van der Waals surface area contributed by atoms with Crippen LogP contribution in [-0.4, -0.2) is 31.3 Å². The van der Waals surface area contributed by atoms with Gasteiger partial charge in [0.05, 0.1) is 0 Å². The fourth-order valence-corrected chi connectivity index (χ4v) is 2.99. The van der Waals surface area contributed by atoms with E-state index >= 15 is 0 Å². The van der Waals surface area contributed by atoms with Gasteiger partial charge in [0.25, 0.3) is 0 Å². The van der Waals surface area contributed by atoms with Crippen LogP contribution in [0, 0.1) is 5.82 Å². The third-order valence-electron chi connectivity index (χ3n) is 2.93. The fourth-order valence-electron chi connectivity index (χ4n) is 1.76. The van der Waals surface area contributed by atoms with Crippen molar-refractivity contribution in [3.8, 4) is 0 Å². The summed E-state index contributed by atoms with van der Waals surface area (Å²) in [5.41, 5.74) is 0.795. The highest BCUT2D eigenvalue weighted by Gasteiger charge is 2.23. The Morgan fingerprint density at radius 1 is 1.19 bits per heavy atom. The number of hydrogen-bond donors (Lipinski definition) is 0. The molecule has 21 heavy (non-hydrogen) atoms. The number of likely N-dealkylation sites (N-methyl/N-ethyl adjacent to an activating group) is 1. The second-order valence-electron chi connectivity index (χ2n) is 4.33. The van der Waals surface area contributed by atoms with Crippen molar-refractivity contribution in [3.63, 3.8) is 0 Å². The zero-order valence-corrected chi connectivity index (χ0v) is 13.0. The van der Waals surface area contributed by atoms with Gasteiger partial charge in [-0.3, -0.25) is 4.98 Å². The molecule has 0 fully saturated rings. The SMILES string of the molecule is CN(CCc1ccccn1)S(=O)(=O)c1ccccc1F.[Cl-].[H+]. The standard InChI is InChI=1S/C14H15FN2O2S.ClH/c1-17(11-9-12-6-4-5-10-16-12)20(18,19)14-8-3-2-7-13(14)15;/h2-8,10H,9,11H2,1H3;1H. The van der Waals surface area contributed by atoms with Gasteiger partial charge in [-0.05, 0) is 24.3 Å². The van der Waals surface area contributed by atoms with Crippen LogP contribution in [0.15, 0.2) is 53.6 Å². The van der Waals surface area contributed by atoms with Crippen molar-refractivity contribution < 1.29 is 26.6 Å². The Morgan fingerprint density at radius 2 is 1.86 bits per heavy atom. The molecule has 0 saturated heterocycles. The van der Waals surface area contributed by atoms with Crippen LogP contribution >= 0.6 is 0 Å². The first-order chi connectivity index (χ1) is 9.51. The lowest BCUT2D eigenvalue weighted by Crippen LogP contribution is -3.00. The first-order valence-electron chi connectivity index (χ1n) is 6.12. The normalized spacial score (nSPS) is 11.2. The van der Waals surface area contributed by atoms with E-state index in [4.69, 9.17) is 0 Å². The summed E-state index contributed by atoms with van der Waals surface area (Å²) in [6.07, 6.45) is 2.13. The molecule has 0 radical (unpaired) electrons. The van der Waals surface area contributed by atoms with Crippen LogP contribution in [0.1, 0.15) is 7.12 Å². The Bertz CT molecular complexity index is 686. The van der Waals surface area contributed by atoms with Crippen LogP contribution < -0.4 is 12.4 Å². The molecule has 0 amide bonds. The molecular weight excluding hydrogens is 315 g/mol. The number of hydrogen-bond acceptors (Lipinski definition) is 3. The van der Waals surface area contributed by atoms with Gasteiger partial charge in [-0.1, -0.05) is 18.2 Å². The number of pyridine rings is 1. The predicted molar refractivity (Wildman–Crippen MR) is 75.3 cm³/mol. The van der Waals surface area contributed by atoms with E-state index in [-0.39, 0.29) is 25.3 Å². The monoisotopic (exact) mass is 330 g/mol. The maximum Gasteiger partial charge on any atom is 1.00 e. The Morgan fingerprint density at radius 3 is 2.48 bits per heavy atom. The smallest absolute Gasteiger partial charge is 1.00 e. The number of benzene rings is 1. The van der Waals surface area contributed by atoms with Crippen molar-refractivity contribution in [1.29, 1.82) is 0 Å². The van der Waals surface area contributed by atoms with E-state index in [1.165, 1.54) is 25.2 Å². The number of sulfonamides is 1. The molecule has 0 aliphatic heterocycles. The highest BCUT2D eigenvalue weighted by Crippen LogP contribution is 2.17. The van der Waals surface area contributed by atoms with E-state index in [1.807, 2.05) is 12.1 Å². The first-order valence-corrected chi connectivity index (χ1v) is 7.56. The van der Waals surface area contributed by atoms with Crippen LogP contribution in [0.4, 0.5) is 4.39 Å². The third-order valence-corrected chi connectivity index (χ3v) is 4.82. The molecule has 0 N–H and O–H groups in total. The molecule has 0 atom stereocenters. The van der Waals surface area contributed by atoms with Gasteiger partial charge in [0.15, 0.2) is 0 Å². The summed E-state index contributed by atoms with van der Waals surface area (Å²) in [6.45, 7) is 0.244. The zero-order chi connectivity index (χ0) is 14.6. The van der Waals surface area contributed by atoms with Crippen molar-refractivity contribution in [2.24, 2.45) is 0 Å². The van der Waals surface area contributed by atoms with E-state index in [0.29, 0.717) is 6.42 Å². The molecule has 0 bridgehead atoms. The second-order valence-corrected chi connectivity index (χ2v) is 6.34. The topological polar surface area (TPSA) is 50.3 Å². The van der Waals surface area contributed by atoms with Gasteiger partial charge >= 0.3 is 1.43 Å². The summed E-state index contributed by atoms with van der Waals surface area (Å²) >= 11 is 0. The number of rotatable bonds is 5. The molecule has 7 heteroatoms. The third kappa shape index (κ3) is 4.23. The van der Waals surface area contributed by atoms with E-state index in [1.54, 1.807) is 12.3 Å². The molecule has 0 unspecified atom stereocenters. The van der Waals surface area contributed by atoms with Crippen LogP contribution in [0.3, 0.4) is 0 Å². The Hall–Kier alpha value is -1.50. The fraction of sp³-hybridized carbons (Fsp3) is 0.214. The van der Waals surface area contributed by atoms with Gasteiger partial charge < -0.3 is 12.4 Å². The highest BCUT2D eigenvalue weighted by atomic mass is 35.5. The summed E-state index contributed by atoms with van der Waals surface area (Å²) in [5.74, 6) is -0.739. The van der Waals surface area contributed by atoms with Gasteiger partial charge in [-0.15, -0.1) is 0 Å². The molecule has 2 aromatic rings. The van der Waals surface area contributed by atoms with Gasteiger partial charge in [-0.25, -0.2) is 17.1 Å². The molecule has 1 aromatic carbocycles. The average molecular weight is 331 g/mol. The van der Waals surface area contributed by atoms with E-state index < -0.39 is 15.8 Å². The predicted octanol–water partition coefficient (Wildman–Crippen LogP) is -0.800. The first kappa shape index (κ1) is 17.6. The zero-order valence-electron chi connectivity index (χ0n) is 12.4. The molecule has 2 rings (SSSR count). The maximum atomic E-state index is 13.6. The van der Waals surface area contributed by atoms with Crippen molar-refractivity contribution in [3.05, 3.63) is 60.2 Å². The maximum absolute atomic E-state index is 13.6. The van der Waals surface area contributed by atoms with Crippen molar-refractivity contribution >= 4 is 10.0 Å². The molecule has 1 aromatic heterocycles. The Balaban J connectivity index is 0.00000220. The second kappa shape index (κ2) is 7.49. The van der Waals surface area contributed by atoms with Crippen molar-refractivity contribution in [2.45, 2.75) is 11.3 Å². The molecule has 0 saturated carbocycles. The minimum Gasteiger partial charge on any atom is -1.00 e. The summed E-state index contributed by atoms with van der Waals surface area (Å²) in [5, 5.41) is 0. The number of aromatic nitrogens is 1. The van der Waals surface area contributed by atoms with Gasteiger partial charge in [0, 0.05) is 31.9 Å². The van der Waals surface area contributed by atoms with Crippen molar-refractivity contribution in [1.82, 2.24) is 9.29 Å². The van der Waals surface area contributed by atoms with Gasteiger partial charge in [-0.2, -0.15) is 0 Å². The summed E-state index contributed by atoms with van der Waals surface area (Å²) in [6, 6.07) is 10.8. The molecular formula is C14H16ClFN2O2S. The van der Waals surface area contributed by atoms with Gasteiger partial charge in [0.2, 0.25) is 10.0 Å². The Labute approximate surface area is 131 Å². The molecule has 0 aliphatic carbocycles. The molecule has 114 valence electrons. The van der Waals surface area contributed by atoms with E-state index in [0.717, 1.165) is 16.1 Å². The molecule has 1 heterocycles. The van der Waals surface area contributed by atoms with E-state index in [9.17, 15) is 12.8 Å². The van der Waals surface area contributed by atoms with Crippen LogP contribution in [0.25, 0.3) is 0 Å². The quantitative estimate of drug-likeness (QED) is 0.721. The van der Waals surface area contributed by atoms with Crippen LogP contribution in [0.5, 0.6) is 0 Å². The van der Waals surface area contributed by atoms with Crippen LogP contribution in [-0.2, 0) is 16.4 Å². The summed E-state index contributed by atoms with van der Waals surface area (Å²) in [4.78, 5) is 3.83. The van der Waals surface area contributed by atoms with E-state index in [2.05, 4.69) is 4.98 Å². The van der Waals surface area contributed by atoms with Gasteiger partial charge in [0.1, 0.15) is 10.7 Å². The lowest BCUT2D eigenvalue weighted by Gasteiger charge is -2.17. The molecule has 0 spiro atoms. The lowest BCUT2D eigenvalue weighted by molar-refractivity contribution is -0.00000743. The minimum absolute atomic E-state index is 0. The molecule has 0 aliphatic rings.